The molecule has 5 nitrogen and oxygen atoms in total. The zero-order chi connectivity index (χ0) is 22.6. The number of benzene rings is 1. The van der Waals surface area contributed by atoms with Crippen molar-refractivity contribution >= 4 is 17.7 Å². The second-order valence-electron chi connectivity index (χ2n) is 8.45. The number of ketones is 1. The molecule has 3 rings (SSSR count). The van der Waals surface area contributed by atoms with Gasteiger partial charge in [-0.1, -0.05) is 17.2 Å². The number of cyclic esters (lactones) is 1. The van der Waals surface area contributed by atoms with Crippen molar-refractivity contribution < 1.29 is 28.2 Å². The molecule has 0 N–H and O–H groups in total. The molecule has 1 aromatic rings. The SMILES string of the molecule is CC(C)=CCC/C(C)=C/[C@H]1OC(=O)CC12C[C@H](OC(=O)c1ccc(F)cc1)C=CC2=O. The molecule has 2 aliphatic rings. The molecule has 1 heterocycles. The predicted molar refractivity (Wildman–Crippen MR) is 114 cm³/mol. The fraction of sp³-hybridized carbons (Fsp3) is 0.400. The Kier molecular flexibility index (Phi) is 6.88. The quantitative estimate of drug-likeness (QED) is 0.479. The summed E-state index contributed by atoms with van der Waals surface area (Å²) in [4.78, 5) is 37.4. The number of hydrogen-bond donors (Lipinski definition) is 0. The first-order valence-corrected chi connectivity index (χ1v) is 10.4. The van der Waals surface area contributed by atoms with Crippen molar-refractivity contribution in [2.45, 2.75) is 58.7 Å². The maximum atomic E-state index is 13.1. The average Bonchev–Trinajstić information content (AvgIpc) is 3.00. The highest BCUT2D eigenvalue weighted by Crippen LogP contribution is 2.45. The highest BCUT2D eigenvalue weighted by Gasteiger charge is 2.55. The van der Waals surface area contributed by atoms with Crippen LogP contribution in [0.1, 0.15) is 56.8 Å². The molecule has 0 radical (unpaired) electrons. The van der Waals surface area contributed by atoms with Gasteiger partial charge in [-0.15, -0.1) is 0 Å². The standard InChI is InChI=1S/C25H27FO5/c1-16(2)5-4-6-17(3)13-22-25(15-23(28)31-22)14-20(11-12-21(25)27)30-24(29)18-7-9-19(26)10-8-18/h5,7-13,20,22H,4,6,14-15H2,1-3H3/b17-13+/t20-,22-,25?/m1/s1. The van der Waals surface area contributed by atoms with Gasteiger partial charge in [0.05, 0.1) is 17.4 Å². The van der Waals surface area contributed by atoms with Crippen LogP contribution in [-0.4, -0.2) is 29.9 Å². The van der Waals surface area contributed by atoms with Crippen molar-refractivity contribution in [2.75, 3.05) is 0 Å². The van der Waals surface area contributed by atoms with Crippen LogP contribution < -0.4 is 0 Å². The Morgan fingerprint density at radius 3 is 2.61 bits per heavy atom. The number of rotatable bonds is 6. The molecule has 1 fully saturated rings. The zero-order valence-electron chi connectivity index (χ0n) is 18.0. The molecule has 1 unspecified atom stereocenters. The highest BCUT2D eigenvalue weighted by molar-refractivity contribution is 6.00. The number of halogens is 1. The second-order valence-corrected chi connectivity index (χ2v) is 8.45. The summed E-state index contributed by atoms with van der Waals surface area (Å²) in [6, 6.07) is 5.05. The summed E-state index contributed by atoms with van der Waals surface area (Å²) in [6.07, 6.45) is 7.25. The van der Waals surface area contributed by atoms with Crippen molar-refractivity contribution in [1.29, 1.82) is 0 Å². The number of carbonyl (C=O) groups excluding carboxylic acids is 3. The Morgan fingerprint density at radius 1 is 1.23 bits per heavy atom. The van der Waals surface area contributed by atoms with E-state index in [1.165, 1.54) is 42.0 Å². The van der Waals surface area contributed by atoms with E-state index in [4.69, 9.17) is 9.47 Å². The third-order valence-electron chi connectivity index (χ3n) is 5.65. The molecule has 0 bridgehead atoms. The summed E-state index contributed by atoms with van der Waals surface area (Å²) in [5, 5.41) is 0. The first-order valence-electron chi connectivity index (χ1n) is 10.4. The van der Waals surface area contributed by atoms with E-state index in [1.54, 1.807) is 0 Å². The first-order chi connectivity index (χ1) is 14.7. The smallest absolute Gasteiger partial charge is 0.338 e. The van der Waals surface area contributed by atoms with Crippen LogP contribution in [0.15, 0.2) is 59.7 Å². The largest absolute Gasteiger partial charge is 0.457 e. The van der Waals surface area contributed by atoms with Gasteiger partial charge in [0, 0.05) is 6.42 Å². The second kappa shape index (κ2) is 9.41. The zero-order valence-corrected chi connectivity index (χ0v) is 18.0. The third-order valence-corrected chi connectivity index (χ3v) is 5.65. The number of esters is 2. The van der Waals surface area contributed by atoms with Gasteiger partial charge in [-0.25, -0.2) is 9.18 Å². The Morgan fingerprint density at radius 2 is 1.94 bits per heavy atom. The minimum atomic E-state index is -1.09. The van der Waals surface area contributed by atoms with Gasteiger partial charge in [0.1, 0.15) is 18.0 Å². The van der Waals surface area contributed by atoms with E-state index in [1.807, 2.05) is 26.8 Å². The normalized spacial score (nSPS) is 25.5. The van der Waals surface area contributed by atoms with Crippen LogP contribution in [0.3, 0.4) is 0 Å². The minimum absolute atomic E-state index is 0.0524. The number of allylic oxidation sites excluding steroid dienone is 4. The van der Waals surface area contributed by atoms with E-state index < -0.39 is 35.4 Å². The molecule has 0 amide bonds. The molecular weight excluding hydrogens is 399 g/mol. The molecule has 1 saturated heterocycles. The van der Waals surface area contributed by atoms with E-state index in [0.717, 1.165) is 18.4 Å². The molecular formula is C25H27FO5. The molecule has 31 heavy (non-hydrogen) atoms. The third kappa shape index (κ3) is 5.37. The van der Waals surface area contributed by atoms with Crippen LogP contribution in [0.25, 0.3) is 0 Å². The Hall–Kier alpha value is -3.02. The number of hydrogen-bond acceptors (Lipinski definition) is 5. The fourth-order valence-electron chi connectivity index (χ4n) is 3.95. The van der Waals surface area contributed by atoms with E-state index in [-0.39, 0.29) is 24.2 Å². The molecule has 164 valence electrons. The van der Waals surface area contributed by atoms with Crippen molar-refractivity contribution in [1.82, 2.24) is 0 Å². The van der Waals surface area contributed by atoms with E-state index >= 15 is 0 Å². The van der Waals surface area contributed by atoms with Gasteiger partial charge in [0.25, 0.3) is 0 Å². The summed E-state index contributed by atoms with van der Waals surface area (Å²) < 4.78 is 24.1. The van der Waals surface area contributed by atoms with Crippen LogP contribution in [0, 0.1) is 11.2 Å². The van der Waals surface area contributed by atoms with E-state index in [2.05, 4.69) is 6.08 Å². The summed E-state index contributed by atoms with van der Waals surface area (Å²) in [6.45, 7) is 6.02. The lowest BCUT2D eigenvalue weighted by Gasteiger charge is -2.34. The van der Waals surface area contributed by atoms with Crippen molar-refractivity contribution in [3.05, 3.63) is 71.1 Å². The van der Waals surface area contributed by atoms with Gasteiger partial charge >= 0.3 is 11.9 Å². The lowest BCUT2D eigenvalue weighted by atomic mass is 9.69. The number of carbonyl (C=O) groups is 3. The molecule has 1 spiro atoms. The van der Waals surface area contributed by atoms with Crippen LogP contribution in [0.5, 0.6) is 0 Å². The Balaban J connectivity index is 1.76. The molecule has 3 atom stereocenters. The van der Waals surface area contributed by atoms with Crippen molar-refractivity contribution in [2.24, 2.45) is 5.41 Å². The van der Waals surface area contributed by atoms with Crippen LogP contribution in [0.2, 0.25) is 0 Å². The minimum Gasteiger partial charge on any atom is -0.457 e. The van der Waals surface area contributed by atoms with Gasteiger partial charge in [0.2, 0.25) is 0 Å². The van der Waals surface area contributed by atoms with Gasteiger partial charge < -0.3 is 9.47 Å². The molecule has 1 aromatic carbocycles. The van der Waals surface area contributed by atoms with Gasteiger partial charge in [-0.2, -0.15) is 0 Å². The Bertz CT molecular complexity index is 953. The van der Waals surface area contributed by atoms with Gasteiger partial charge in [0.15, 0.2) is 5.78 Å². The summed E-state index contributed by atoms with van der Waals surface area (Å²) in [5.74, 6) is -1.71. The first kappa shape index (κ1) is 22.7. The number of ether oxygens (including phenoxy) is 2. The van der Waals surface area contributed by atoms with Crippen LogP contribution in [-0.2, 0) is 19.1 Å². The predicted octanol–water partition coefficient (Wildman–Crippen LogP) is 4.87. The van der Waals surface area contributed by atoms with Crippen LogP contribution >= 0.6 is 0 Å². The lowest BCUT2D eigenvalue weighted by molar-refractivity contribution is -0.140. The maximum absolute atomic E-state index is 13.1. The van der Waals surface area contributed by atoms with Crippen LogP contribution in [0.4, 0.5) is 4.39 Å². The molecule has 0 aromatic heterocycles. The monoisotopic (exact) mass is 426 g/mol. The topological polar surface area (TPSA) is 69.7 Å². The van der Waals surface area contributed by atoms with E-state index in [0.29, 0.717) is 0 Å². The maximum Gasteiger partial charge on any atom is 0.338 e. The molecule has 0 saturated carbocycles. The summed E-state index contributed by atoms with van der Waals surface area (Å²) in [5.41, 5.74) is 1.39. The van der Waals surface area contributed by atoms with E-state index in [9.17, 15) is 18.8 Å². The van der Waals surface area contributed by atoms with Gasteiger partial charge in [-0.3, -0.25) is 9.59 Å². The highest BCUT2D eigenvalue weighted by atomic mass is 19.1. The van der Waals surface area contributed by atoms with Crippen molar-refractivity contribution in [3.8, 4) is 0 Å². The molecule has 6 heteroatoms. The lowest BCUT2D eigenvalue weighted by Crippen LogP contribution is -2.43. The molecule has 1 aliphatic carbocycles. The van der Waals surface area contributed by atoms with Gasteiger partial charge in [-0.05, 0) is 76.1 Å². The summed E-state index contributed by atoms with van der Waals surface area (Å²) >= 11 is 0. The molecule has 1 aliphatic heterocycles. The fourth-order valence-corrected chi connectivity index (χ4v) is 3.95. The van der Waals surface area contributed by atoms with Crippen molar-refractivity contribution in [3.63, 3.8) is 0 Å². The summed E-state index contributed by atoms with van der Waals surface area (Å²) in [7, 11) is 0. The average molecular weight is 426 g/mol. The Labute approximate surface area is 181 Å².